The van der Waals surface area contributed by atoms with Gasteiger partial charge in [-0.1, -0.05) is 18.2 Å². The highest BCUT2D eigenvalue weighted by Gasteiger charge is 2.07. The van der Waals surface area contributed by atoms with E-state index in [1.807, 2.05) is 25.1 Å². The Labute approximate surface area is 94.7 Å². The fourth-order valence-electron chi connectivity index (χ4n) is 1.84. The van der Waals surface area contributed by atoms with Gasteiger partial charge in [0.1, 0.15) is 0 Å². The molecule has 0 spiro atoms. The van der Waals surface area contributed by atoms with Crippen molar-refractivity contribution in [3.63, 3.8) is 0 Å². The maximum Gasteiger partial charge on any atom is 0.220 e. The smallest absolute Gasteiger partial charge is 0.220 e. The van der Waals surface area contributed by atoms with Crippen LogP contribution in [0, 0.1) is 6.92 Å². The van der Waals surface area contributed by atoms with Crippen LogP contribution in [0.2, 0.25) is 0 Å². The molecule has 4 N–H and O–H groups in total. The van der Waals surface area contributed by atoms with Gasteiger partial charge >= 0.3 is 0 Å². The van der Waals surface area contributed by atoms with E-state index < -0.39 is 0 Å². The normalized spacial score (nSPS) is 10.9. The van der Waals surface area contributed by atoms with E-state index in [1.165, 1.54) is 0 Å². The number of nitrogens with zero attached hydrogens (tertiary/aromatic N) is 2. The number of rotatable bonds is 3. The molecule has 0 aliphatic heterocycles. The molecule has 0 saturated carbocycles. The van der Waals surface area contributed by atoms with Gasteiger partial charge in [-0.3, -0.25) is 0 Å². The summed E-state index contributed by atoms with van der Waals surface area (Å²) >= 11 is 0. The highest BCUT2D eigenvalue weighted by Crippen LogP contribution is 2.20. The van der Waals surface area contributed by atoms with Gasteiger partial charge in [0.15, 0.2) is 0 Å². The monoisotopic (exact) mass is 216 g/mol. The van der Waals surface area contributed by atoms with E-state index in [9.17, 15) is 0 Å². The van der Waals surface area contributed by atoms with E-state index in [0.29, 0.717) is 12.5 Å². The van der Waals surface area contributed by atoms with Gasteiger partial charge in [0.25, 0.3) is 0 Å². The first-order chi connectivity index (χ1) is 7.72. The molecule has 16 heavy (non-hydrogen) atoms. The zero-order valence-corrected chi connectivity index (χ0v) is 9.40. The third-order valence-electron chi connectivity index (χ3n) is 2.64. The van der Waals surface area contributed by atoms with Crippen LogP contribution in [0.25, 0.3) is 10.9 Å². The number of nitrogen functional groups attached to an aromatic ring is 1. The van der Waals surface area contributed by atoms with Crippen molar-refractivity contribution in [3.8, 4) is 0 Å². The van der Waals surface area contributed by atoms with E-state index in [0.717, 1.165) is 35.0 Å². The standard InChI is InChI=1S/C12H16N4/c1-8-4-2-5-9-10(6-3-7-13)15-12(14)16-11(8)9/h2,4-5H,3,6-7,13H2,1H3,(H2,14,15,16). The maximum absolute atomic E-state index is 5.71. The van der Waals surface area contributed by atoms with Crippen molar-refractivity contribution in [1.29, 1.82) is 0 Å². The van der Waals surface area contributed by atoms with Crippen molar-refractivity contribution < 1.29 is 0 Å². The Morgan fingerprint density at radius 2 is 2.06 bits per heavy atom. The molecule has 1 aromatic heterocycles. The zero-order chi connectivity index (χ0) is 11.5. The fourth-order valence-corrected chi connectivity index (χ4v) is 1.84. The van der Waals surface area contributed by atoms with Crippen LogP contribution >= 0.6 is 0 Å². The molecule has 0 radical (unpaired) electrons. The average molecular weight is 216 g/mol. The topological polar surface area (TPSA) is 77.8 Å². The average Bonchev–Trinajstić information content (AvgIpc) is 2.27. The summed E-state index contributed by atoms with van der Waals surface area (Å²) in [6.45, 7) is 2.69. The summed E-state index contributed by atoms with van der Waals surface area (Å²) in [5.74, 6) is 0.342. The number of fused-ring (bicyclic) bond motifs is 1. The van der Waals surface area contributed by atoms with Gasteiger partial charge in [0.2, 0.25) is 5.95 Å². The Bertz CT molecular complexity index is 508. The largest absolute Gasteiger partial charge is 0.368 e. The molecule has 0 atom stereocenters. The molecule has 0 fully saturated rings. The van der Waals surface area contributed by atoms with Gasteiger partial charge in [-0.05, 0) is 31.9 Å². The van der Waals surface area contributed by atoms with E-state index in [4.69, 9.17) is 11.5 Å². The van der Waals surface area contributed by atoms with Crippen LogP contribution in [0.1, 0.15) is 17.7 Å². The van der Waals surface area contributed by atoms with Crippen LogP contribution in [0.5, 0.6) is 0 Å². The van der Waals surface area contributed by atoms with Crippen LogP contribution < -0.4 is 11.5 Å². The second kappa shape index (κ2) is 4.45. The second-order valence-corrected chi connectivity index (χ2v) is 3.89. The Morgan fingerprint density at radius 1 is 1.25 bits per heavy atom. The van der Waals surface area contributed by atoms with Crippen LogP contribution in [-0.2, 0) is 6.42 Å². The molecule has 2 rings (SSSR count). The summed E-state index contributed by atoms with van der Waals surface area (Å²) in [7, 11) is 0. The molecule has 0 bridgehead atoms. The first-order valence-electron chi connectivity index (χ1n) is 5.44. The first kappa shape index (κ1) is 10.8. The lowest BCUT2D eigenvalue weighted by Crippen LogP contribution is -2.05. The summed E-state index contributed by atoms with van der Waals surface area (Å²) < 4.78 is 0. The molecule has 0 unspecified atom stereocenters. The fraction of sp³-hybridized carbons (Fsp3) is 0.333. The van der Waals surface area contributed by atoms with Crippen LogP contribution in [-0.4, -0.2) is 16.5 Å². The summed E-state index contributed by atoms with van der Waals surface area (Å²) in [5, 5.41) is 1.09. The minimum Gasteiger partial charge on any atom is -0.368 e. The maximum atomic E-state index is 5.71. The predicted molar refractivity (Wildman–Crippen MR) is 66.1 cm³/mol. The SMILES string of the molecule is Cc1cccc2c(CCCN)nc(N)nc12. The summed E-state index contributed by atoms with van der Waals surface area (Å²) in [5.41, 5.74) is 14.3. The van der Waals surface area contributed by atoms with Crippen molar-refractivity contribution in [2.45, 2.75) is 19.8 Å². The Morgan fingerprint density at radius 3 is 2.81 bits per heavy atom. The van der Waals surface area contributed by atoms with Gasteiger partial charge in [-0.15, -0.1) is 0 Å². The van der Waals surface area contributed by atoms with Gasteiger partial charge in [-0.2, -0.15) is 0 Å². The molecular weight excluding hydrogens is 200 g/mol. The molecule has 1 heterocycles. The molecule has 4 heteroatoms. The Kier molecular flexibility index (Phi) is 3.01. The van der Waals surface area contributed by atoms with E-state index in [-0.39, 0.29) is 0 Å². The van der Waals surface area contributed by atoms with Crippen molar-refractivity contribution in [2.24, 2.45) is 5.73 Å². The van der Waals surface area contributed by atoms with Crippen molar-refractivity contribution >= 4 is 16.9 Å². The molecule has 0 aliphatic rings. The van der Waals surface area contributed by atoms with Crippen molar-refractivity contribution in [1.82, 2.24) is 9.97 Å². The Balaban J connectivity index is 2.59. The highest BCUT2D eigenvalue weighted by molar-refractivity contribution is 5.84. The zero-order valence-electron chi connectivity index (χ0n) is 9.40. The van der Waals surface area contributed by atoms with Crippen LogP contribution in [0.4, 0.5) is 5.95 Å². The summed E-state index contributed by atoms with van der Waals surface area (Å²) in [6.07, 6.45) is 1.77. The molecule has 84 valence electrons. The predicted octanol–water partition coefficient (Wildman–Crippen LogP) is 1.41. The molecule has 2 aromatic rings. The first-order valence-corrected chi connectivity index (χ1v) is 5.44. The third kappa shape index (κ3) is 1.97. The lowest BCUT2D eigenvalue weighted by molar-refractivity contribution is 0.815. The Hall–Kier alpha value is -1.68. The molecular formula is C12H16N4. The van der Waals surface area contributed by atoms with E-state index >= 15 is 0 Å². The number of hydrogen-bond acceptors (Lipinski definition) is 4. The van der Waals surface area contributed by atoms with Gasteiger partial charge in [-0.25, -0.2) is 9.97 Å². The lowest BCUT2D eigenvalue weighted by Gasteiger charge is -2.07. The molecule has 0 amide bonds. The van der Waals surface area contributed by atoms with Gasteiger partial charge in [0.05, 0.1) is 11.2 Å². The number of nitrogens with two attached hydrogens (primary N) is 2. The van der Waals surface area contributed by atoms with Gasteiger partial charge in [0, 0.05) is 5.39 Å². The molecule has 0 aliphatic carbocycles. The number of hydrogen-bond donors (Lipinski definition) is 2. The number of anilines is 1. The second-order valence-electron chi connectivity index (χ2n) is 3.89. The van der Waals surface area contributed by atoms with Crippen LogP contribution in [0.3, 0.4) is 0 Å². The quantitative estimate of drug-likeness (QED) is 0.813. The van der Waals surface area contributed by atoms with Crippen molar-refractivity contribution in [2.75, 3.05) is 12.3 Å². The van der Waals surface area contributed by atoms with E-state index in [1.54, 1.807) is 0 Å². The van der Waals surface area contributed by atoms with Crippen LogP contribution in [0.15, 0.2) is 18.2 Å². The molecule has 1 aromatic carbocycles. The molecule has 4 nitrogen and oxygen atoms in total. The number of aromatic nitrogens is 2. The van der Waals surface area contributed by atoms with Crippen molar-refractivity contribution in [3.05, 3.63) is 29.5 Å². The third-order valence-corrected chi connectivity index (χ3v) is 2.64. The highest BCUT2D eigenvalue weighted by atomic mass is 15.0. The summed E-state index contributed by atoms with van der Waals surface area (Å²) in [6, 6.07) is 6.08. The lowest BCUT2D eigenvalue weighted by atomic mass is 10.1. The minimum atomic E-state index is 0.342. The number of benzene rings is 1. The van der Waals surface area contributed by atoms with Gasteiger partial charge < -0.3 is 11.5 Å². The summed E-state index contributed by atoms with van der Waals surface area (Å²) in [4.78, 5) is 8.57. The minimum absolute atomic E-state index is 0.342. The number of aryl methyl sites for hydroxylation is 2. The molecule has 0 saturated heterocycles. The number of para-hydroxylation sites is 1. The van der Waals surface area contributed by atoms with E-state index in [2.05, 4.69) is 9.97 Å².